The number of amides is 2. The normalized spacial score (nSPS) is 10.7. The van der Waals surface area contributed by atoms with Crippen molar-refractivity contribution in [3.05, 3.63) is 72.1 Å². The fraction of sp³-hybridized carbons (Fsp3) is 0.111. The molecule has 0 aromatic heterocycles. The van der Waals surface area contributed by atoms with Gasteiger partial charge in [-0.25, -0.2) is 4.39 Å². The van der Waals surface area contributed by atoms with E-state index in [1.165, 1.54) is 29.2 Å². The summed E-state index contributed by atoms with van der Waals surface area (Å²) in [4.78, 5) is 24.7. The van der Waals surface area contributed by atoms with Crippen molar-refractivity contribution in [3.63, 3.8) is 0 Å². The summed E-state index contributed by atoms with van der Waals surface area (Å²) in [5, 5.41) is 0. The first kappa shape index (κ1) is 16.4. The van der Waals surface area contributed by atoms with Crippen molar-refractivity contribution >= 4 is 23.2 Å². The fourth-order valence-electron chi connectivity index (χ4n) is 2.14. The summed E-state index contributed by atoms with van der Waals surface area (Å²) in [5.74, 6) is -1.54. The molecule has 0 atom stereocenters. The first-order chi connectivity index (χ1) is 11.0. The third kappa shape index (κ3) is 4.26. The molecule has 2 aromatic rings. The molecular formula is C18H17FN2O2. The van der Waals surface area contributed by atoms with Gasteiger partial charge < -0.3 is 5.73 Å². The second kappa shape index (κ2) is 7.35. The number of hydrogen-bond acceptors (Lipinski definition) is 2. The highest BCUT2D eigenvalue weighted by Gasteiger charge is 2.16. The van der Waals surface area contributed by atoms with E-state index in [2.05, 4.69) is 0 Å². The Morgan fingerprint density at radius 1 is 1.09 bits per heavy atom. The molecule has 2 amide bonds. The molecule has 0 radical (unpaired) electrons. The Morgan fingerprint density at radius 3 is 2.39 bits per heavy atom. The molecule has 0 bridgehead atoms. The van der Waals surface area contributed by atoms with Crippen LogP contribution in [0.2, 0.25) is 0 Å². The number of benzene rings is 2. The van der Waals surface area contributed by atoms with Crippen LogP contribution in [0, 0.1) is 5.82 Å². The van der Waals surface area contributed by atoms with E-state index in [9.17, 15) is 14.0 Å². The predicted molar refractivity (Wildman–Crippen MR) is 87.7 cm³/mol. The molecule has 0 spiro atoms. The highest BCUT2D eigenvalue weighted by Crippen LogP contribution is 2.27. The van der Waals surface area contributed by atoms with Gasteiger partial charge in [-0.1, -0.05) is 19.1 Å². The highest BCUT2D eigenvalue weighted by molar-refractivity contribution is 6.09. The van der Waals surface area contributed by atoms with Gasteiger partial charge in [0.1, 0.15) is 5.82 Å². The van der Waals surface area contributed by atoms with Crippen LogP contribution in [-0.2, 0) is 16.0 Å². The van der Waals surface area contributed by atoms with Gasteiger partial charge in [0.2, 0.25) is 5.91 Å². The molecule has 5 heteroatoms. The van der Waals surface area contributed by atoms with Gasteiger partial charge in [-0.15, -0.1) is 0 Å². The Morgan fingerprint density at radius 2 is 1.78 bits per heavy atom. The zero-order chi connectivity index (χ0) is 16.8. The molecule has 23 heavy (non-hydrogen) atoms. The molecule has 0 aliphatic rings. The molecular weight excluding hydrogens is 295 g/mol. The Balaban J connectivity index is 2.47. The van der Waals surface area contributed by atoms with E-state index in [1.807, 2.05) is 25.1 Å². The van der Waals surface area contributed by atoms with E-state index in [-0.39, 0.29) is 0 Å². The van der Waals surface area contributed by atoms with Gasteiger partial charge in [-0.05, 0) is 48.4 Å². The minimum atomic E-state index is -0.709. The lowest BCUT2D eigenvalue weighted by atomic mass is 10.1. The largest absolute Gasteiger partial charge is 0.366 e. The summed E-state index contributed by atoms with van der Waals surface area (Å²) in [6.07, 6.45) is 2.92. The molecule has 118 valence electrons. The van der Waals surface area contributed by atoms with Crippen LogP contribution in [0.5, 0.6) is 0 Å². The SMILES string of the molecule is CCc1cccc(N(C(=O)C=CC(N)=O)c2ccc(F)cc2)c1. The van der Waals surface area contributed by atoms with E-state index in [4.69, 9.17) is 5.73 Å². The van der Waals surface area contributed by atoms with E-state index >= 15 is 0 Å². The molecule has 2 N–H and O–H groups in total. The maximum Gasteiger partial charge on any atom is 0.255 e. The minimum Gasteiger partial charge on any atom is -0.366 e. The van der Waals surface area contributed by atoms with Crippen LogP contribution in [0.1, 0.15) is 12.5 Å². The summed E-state index contributed by atoms with van der Waals surface area (Å²) < 4.78 is 13.1. The van der Waals surface area contributed by atoms with Gasteiger partial charge in [-0.3, -0.25) is 14.5 Å². The Bertz CT molecular complexity index is 739. The van der Waals surface area contributed by atoms with Gasteiger partial charge in [0.05, 0.1) is 0 Å². The van der Waals surface area contributed by atoms with E-state index in [1.54, 1.807) is 6.07 Å². The summed E-state index contributed by atoms with van der Waals surface area (Å²) in [6, 6.07) is 13.0. The smallest absolute Gasteiger partial charge is 0.255 e. The van der Waals surface area contributed by atoms with Crippen LogP contribution >= 0.6 is 0 Å². The van der Waals surface area contributed by atoms with Crippen molar-refractivity contribution < 1.29 is 14.0 Å². The third-order valence-corrected chi connectivity index (χ3v) is 3.27. The number of hydrogen-bond donors (Lipinski definition) is 1. The quantitative estimate of drug-likeness (QED) is 0.862. The number of primary amides is 1. The summed E-state index contributed by atoms with van der Waals surface area (Å²) in [6.45, 7) is 2.01. The number of nitrogens with two attached hydrogens (primary N) is 1. The molecule has 0 saturated carbocycles. The number of nitrogens with zero attached hydrogens (tertiary/aromatic N) is 1. The second-order valence-electron chi connectivity index (χ2n) is 4.91. The van der Waals surface area contributed by atoms with E-state index < -0.39 is 17.6 Å². The summed E-state index contributed by atoms with van der Waals surface area (Å²) in [7, 11) is 0. The van der Waals surface area contributed by atoms with Crippen LogP contribution in [0.4, 0.5) is 15.8 Å². The van der Waals surface area contributed by atoms with Gasteiger partial charge in [0.15, 0.2) is 0 Å². The molecule has 2 aromatic carbocycles. The number of carbonyl (C=O) groups excluding carboxylic acids is 2. The van der Waals surface area contributed by atoms with E-state index in [0.29, 0.717) is 11.4 Å². The molecule has 0 unspecified atom stereocenters. The lowest BCUT2D eigenvalue weighted by Gasteiger charge is -2.22. The maximum absolute atomic E-state index is 13.1. The molecule has 0 aliphatic carbocycles. The lowest BCUT2D eigenvalue weighted by molar-refractivity contribution is -0.115. The highest BCUT2D eigenvalue weighted by atomic mass is 19.1. The zero-order valence-electron chi connectivity index (χ0n) is 12.7. The van der Waals surface area contributed by atoms with Crippen LogP contribution < -0.4 is 10.6 Å². The summed E-state index contributed by atoms with van der Waals surface area (Å²) >= 11 is 0. The molecule has 4 nitrogen and oxygen atoms in total. The van der Waals surface area contributed by atoms with Gasteiger partial charge in [-0.2, -0.15) is 0 Å². The van der Waals surface area contributed by atoms with Crippen molar-refractivity contribution in [1.29, 1.82) is 0 Å². The lowest BCUT2D eigenvalue weighted by Crippen LogP contribution is -2.24. The van der Waals surface area contributed by atoms with Crippen LogP contribution in [-0.4, -0.2) is 11.8 Å². The average molecular weight is 312 g/mol. The Hall–Kier alpha value is -2.95. The molecule has 0 fully saturated rings. The van der Waals surface area contributed by atoms with Gasteiger partial charge >= 0.3 is 0 Å². The first-order valence-corrected chi connectivity index (χ1v) is 7.17. The van der Waals surface area contributed by atoms with Crippen molar-refractivity contribution in [3.8, 4) is 0 Å². The van der Waals surface area contributed by atoms with Crippen molar-refractivity contribution in [2.75, 3.05) is 4.90 Å². The number of anilines is 2. The zero-order valence-corrected chi connectivity index (χ0v) is 12.7. The van der Waals surface area contributed by atoms with Crippen molar-refractivity contribution in [2.45, 2.75) is 13.3 Å². The first-order valence-electron chi connectivity index (χ1n) is 7.17. The van der Waals surface area contributed by atoms with Gasteiger partial charge in [0.25, 0.3) is 5.91 Å². The van der Waals surface area contributed by atoms with Crippen molar-refractivity contribution in [1.82, 2.24) is 0 Å². The topological polar surface area (TPSA) is 63.4 Å². The molecule has 0 aliphatic heterocycles. The predicted octanol–water partition coefficient (Wildman–Crippen LogP) is 3.09. The van der Waals surface area contributed by atoms with Crippen LogP contribution in [0.3, 0.4) is 0 Å². The van der Waals surface area contributed by atoms with E-state index in [0.717, 1.165) is 24.1 Å². The van der Waals surface area contributed by atoms with Crippen molar-refractivity contribution in [2.24, 2.45) is 5.73 Å². The fourth-order valence-corrected chi connectivity index (χ4v) is 2.14. The second-order valence-corrected chi connectivity index (χ2v) is 4.91. The average Bonchev–Trinajstić information content (AvgIpc) is 2.55. The number of carbonyl (C=O) groups is 2. The monoisotopic (exact) mass is 312 g/mol. The Kier molecular flexibility index (Phi) is 5.25. The number of aryl methyl sites for hydroxylation is 1. The standard InChI is InChI=1S/C18H17FN2O2/c1-2-13-4-3-5-16(12-13)21(18(23)11-10-17(20)22)15-8-6-14(19)7-9-15/h3-12H,2H2,1H3,(H2,20,22). The molecule has 0 saturated heterocycles. The third-order valence-electron chi connectivity index (χ3n) is 3.27. The number of halogens is 1. The van der Waals surface area contributed by atoms with Crippen LogP contribution in [0.15, 0.2) is 60.7 Å². The molecule has 2 rings (SSSR count). The van der Waals surface area contributed by atoms with Gasteiger partial charge in [0, 0.05) is 23.5 Å². The minimum absolute atomic E-state index is 0.392. The van der Waals surface area contributed by atoms with Crippen LogP contribution in [0.25, 0.3) is 0 Å². The Labute approximate surface area is 134 Å². The maximum atomic E-state index is 13.1. The molecule has 0 heterocycles. The number of rotatable bonds is 5. The summed E-state index contributed by atoms with van der Waals surface area (Å²) in [5.41, 5.74) is 7.23.